The number of thioether (sulfide) groups is 1. The summed E-state index contributed by atoms with van der Waals surface area (Å²) in [5, 5.41) is 0. The second-order valence-electron chi connectivity index (χ2n) is 9.55. The Morgan fingerprint density at radius 1 is 0.686 bits per heavy atom. The van der Waals surface area contributed by atoms with E-state index in [2.05, 4.69) is 89.8 Å². The van der Waals surface area contributed by atoms with Gasteiger partial charge in [-0.1, -0.05) is 0 Å². The molecule has 0 saturated carbocycles. The molecular formula is C30H22BNS2Se. The van der Waals surface area contributed by atoms with Crippen molar-refractivity contribution in [2.75, 3.05) is 4.90 Å². The number of hydrogen-bond donors (Lipinski definition) is 0. The van der Waals surface area contributed by atoms with Crippen LogP contribution in [-0.2, 0) is 0 Å². The second kappa shape index (κ2) is 8.11. The summed E-state index contributed by atoms with van der Waals surface area (Å²) in [6.07, 6.45) is 4.98. The molecule has 8 rings (SSSR count). The van der Waals surface area contributed by atoms with E-state index in [0.29, 0.717) is 21.7 Å². The molecule has 0 amide bonds. The number of fused-ring (bicyclic) bond motifs is 5. The predicted molar refractivity (Wildman–Crippen MR) is 153 cm³/mol. The van der Waals surface area contributed by atoms with Crippen LogP contribution in [0.4, 0.5) is 11.4 Å². The molecule has 3 aliphatic heterocycles. The molecule has 4 aliphatic rings. The first kappa shape index (κ1) is 20.9. The van der Waals surface area contributed by atoms with Gasteiger partial charge in [0.15, 0.2) is 0 Å². The van der Waals surface area contributed by atoms with Crippen molar-refractivity contribution in [3.05, 3.63) is 95.5 Å². The van der Waals surface area contributed by atoms with Crippen molar-refractivity contribution in [2.24, 2.45) is 0 Å². The van der Waals surface area contributed by atoms with Gasteiger partial charge in [0.05, 0.1) is 0 Å². The van der Waals surface area contributed by atoms with E-state index in [9.17, 15) is 0 Å². The number of nitrogens with zero attached hydrogens (tertiary/aromatic N) is 1. The van der Waals surface area contributed by atoms with Crippen LogP contribution in [0.15, 0.2) is 110 Å². The van der Waals surface area contributed by atoms with Crippen molar-refractivity contribution < 1.29 is 0 Å². The van der Waals surface area contributed by atoms with Crippen LogP contribution in [0.25, 0.3) is 0 Å². The number of para-hydroxylation sites is 1. The van der Waals surface area contributed by atoms with E-state index in [1.54, 1.807) is 14.8 Å². The molecule has 0 spiro atoms. The fourth-order valence-electron chi connectivity index (χ4n) is 6.01. The predicted octanol–water partition coefficient (Wildman–Crippen LogP) is 4.67. The van der Waals surface area contributed by atoms with E-state index in [-0.39, 0.29) is 0 Å². The van der Waals surface area contributed by atoms with Crippen LogP contribution in [0.1, 0.15) is 25.7 Å². The Labute approximate surface area is 221 Å². The van der Waals surface area contributed by atoms with E-state index in [1.807, 2.05) is 23.5 Å². The average molecular weight is 550 g/mol. The van der Waals surface area contributed by atoms with Gasteiger partial charge in [-0.3, -0.25) is 0 Å². The van der Waals surface area contributed by atoms with Gasteiger partial charge in [0, 0.05) is 0 Å². The minimum atomic E-state index is 0.354. The number of benzene rings is 4. The molecule has 168 valence electrons. The van der Waals surface area contributed by atoms with Crippen LogP contribution in [0.2, 0.25) is 0 Å². The third-order valence-electron chi connectivity index (χ3n) is 7.55. The minimum absolute atomic E-state index is 0.354. The van der Waals surface area contributed by atoms with Crippen molar-refractivity contribution in [3.8, 4) is 0 Å². The van der Waals surface area contributed by atoms with Crippen LogP contribution >= 0.6 is 23.5 Å². The van der Waals surface area contributed by atoms with E-state index in [0.717, 1.165) is 0 Å². The van der Waals surface area contributed by atoms with E-state index in [4.69, 9.17) is 0 Å². The molecule has 0 saturated heterocycles. The second-order valence-corrected chi connectivity index (χ2v) is 14.0. The van der Waals surface area contributed by atoms with Gasteiger partial charge in [-0.25, -0.2) is 0 Å². The van der Waals surface area contributed by atoms with Gasteiger partial charge < -0.3 is 0 Å². The van der Waals surface area contributed by atoms with Crippen molar-refractivity contribution >= 4 is 81.9 Å². The average Bonchev–Trinajstić information content (AvgIpc) is 2.91. The molecule has 0 bridgehead atoms. The fourth-order valence-corrected chi connectivity index (χ4v) is 11.1. The van der Waals surface area contributed by atoms with Gasteiger partial charge in [0.2, 0.25) is 0 Å². The summed E-state index contributed by atoms with van der Waals surface area (Å²) < 4.78 is 3.09. The van der Waals surface area contributed by atoms with Crippen molar-refractivity contribution in [3.63, 3.8) is 0 Å². The van der Waals surface area contributed by atoms with Gasteiger partial charge in [-0.2, -0.15) is 0 Å². The third kappa shape index (κ3) is 3.19. The number of allylic oxidation sites excluding steroid dienone is 2. The zero-order valence-corrected chi connectivity index (χ0v) is 22.5. The van der Waals surface area contributed by atoms with Crippen LogP contribution < -0.4 is 30.2 Å². The molecule has 4 aromatic carbocycles. The molecule has 1 nitrogen and oxygen atoms in total. The zero-order chi connectivity index (χ0) is 22.9. The topological polar surface area (TPSA) is 3.24 Å². The Kier molecular flexibility index (Phi) is 4.83. The molecule has 35 heavy (non-hydrogen) atoms. The monoisotopic (exact) mass is 551 g/mol. The fraction of sp³-hybridized carbons (Fsp3) is 0.133. The first-order valence-electron chi connectivity index (χ1n) is 12.4. The molecule has 5 heteroatoms. The van der Waals surface area contributed by atoms with Crippen LogP contribution in [0.3, 0.4) is 0 Å². The first-order chi connectivity index (χ1) is 17.3. The molecular weight excluding hydrogens is 528 g/mol. The maximum absolute atomic E-state index is 2.57. The van der Waals surface area contributed by atoms with Crippen molar-refractivity contribution in [1.29, 1.82) is 0 Å². The SMILES string of the molecule is c1ccc2c(c1)SC1=C(CCCC1)N2c1ccc2c(c1)Sc1cccc3c1B2c1ccccc1[Se]3. The van der Waals surface area contributed by atoms with Crippen molar-refractivity contribution in [1.82, 2.24) is 0 Å². The molecule has 0 N–H and O–H groups in total. The Hall–Kier alpha value is -2.30. The summed E-state index contributed by atoms with van der Waals surface area (Å²) in [7, 11) is 0. The van der Waals surface area contributed by atoms with Gasteiger partial charge >= 0.3 is 223 Å². The van der Waals surface area contributed by atoms with E-state index < -0.39 is 0 Å². The summed E-state index contributed by atoms with van der Waals surface area (Å²) in [4.78, 5) is 8.39. The Bertz CT molecular complexity index is 1560. The third-order valence-corrected chi connectivity index (χ3v) is 12.4. The van der Waals surface area contributed by atoms with Crippen LogP contribution in [-0.4, -0.2) is 21.7 Å². The van der Waals surface area contributed by atoms with Crippen molar-refractivity contribution in [2.45, 2.75) is 40.4 Å². The van der Waals surface area contributed by atoms with Crippen LogP contribution in [0.5, 0.6) is 0 Å². The summed E-state index contributed by atoms with van der Waals surface area (Å²) in [6.45, 7) is 0.354. The quantitative estimate of drug-likeness (QED) is 0.274. The summed E-state index contributed by atoms with van der Waals surface area (Å²) in [5.74, 6) is 0. The molecule has 0 unspecified atom stereocenters. The number of hydrogen-bond acceptors (Lipinski definition) is 3. The van der Waals surface area contributed by atoms with Gasteiger partial charge in [0.1, 0.15) is 0 Å². The Morgan fingerprint density at radius 3 is 2.51 bits per heavy atom. The maximum atomic E-state index is 2.57. The molecule has 0 fully saturated rings. The van der Waals surface area contributed by atoms with Gasteiger partial charge in [-0.15, -0.1) is 0 Å². The molecule has 1 aliphatic carbocycles. The van der Waals surface area contributed by atoms with Crippen LogP contribution in [0, 0.1) is 0 Å². The number of rotatable bonds is 1. The zero-order valence-electron chi connectivity index (χ0n) is 19.2. The standard InChI is InChI=1S/C30H22BNS2Se/c1-6-14-28-21(8-1)31-20-17-16-19(18-27(20)34-26-13-7-15-29(35-28)30(26)31)32-22-9-2-4-11-24(22)33-25-12-5-3-10-23(25)32/h1-2,4,6-9,11,13-18H,3,5,10,12H2. The molecule has 4 aromatic rings. The van der Waals surface area contributed by atoms with Gasteiger partial charge in [0.25, 0.3) is 0 Å². The molecule has 0 atom stereocenters. The summed E-state index contributed by atoms with van der Waals surface area (Å²) >= 11 is 4.36. The van der Waals surface area contributed by atoms with E-state index in [1.165, 1.54) is 72.8 Å². The normalized spacial score (nSPS) is 17.3. The Balaban J connectivity index is 1.31. The first-order valence-corrected chi connectivity index (χ1v) is 15.7. The summed E-state index contributed by atoms with van der Waals surface area (Å²) in [5.41, 5.74) is 8.72. The number of anilines is 2. The summed E-state index contributed by atoms with van der Waals surface area (Å²) in [6, 6.07) is 32.4. The van der Waals surface area contributed by atoms with E-state index >= 15 is 0 Å². The van der Waals surface area contributed by atoms with Gasteiger partial charge in [-0.05, 0) is 0 Å². The molecule has 0 aromatic heterocycles. The Morgan fingerprint density at radius 2 is 1.51 bits per heavy atom. The molecule has 0 radical (unpaired) electrons. The molecule has 3 heterocycles.